The molecule has 0 fully saturated rings. The van der Waals surface area contributed by atoms with Gasteiger partial charge in [0.2, 0.25) is 0 Å². The van der Waals surface area contributed by atoms with Crippen molar-refractivity contribution >= 4 is 21.7 Å². The summed E-state index contributed by atoms with van der Waals surface area (Å²) in [6.07, 6.45) is 1.12. The van der Waals surface area contributed by atoms with E-state index in [9.17, 15) is 18.3 Å². The summed E-state index contributed by atoms with van der Waals surface area (Å²) in [4.78, 5) is 17.1. The second-order valence-corrected chi connectivity index (χ2v) is 5.63. The maximum absolute atomic E-state index is 12.0. The van der Waals surface area contributed by atoms with E-state index < -0.39 is 16.0 Å². The van der Waals surface area contributed by atoms with Gasteiger partial charge >= 0.3 is 5.97 Å². The van der Waals surface area contributed by atoms with Crippen molar-refractivity contribution in [3.05, 3.63) is 35.8 Å². The molecule has 1 aromatic carbocycles. The van der Waals surface area contributed by atoms with Gasteiger partial charge in [0.15, 0.2) is 5.03 Å². The van der Waals surface area contributed by atoms with Crippen molar-refractivity contribution in [1.29, 1.82) is 0 Å². The number of sulfonamides is 1. The molecule has 2 rings (SSSR count). The van der Waals surface area contributed by atoms with E-state index in [4.69, 9.17) is 5.11 Å². The van der Waals surface area contributed by atoms with Crippen molar-refractivity contribution in [1.82, 2.24) is 9.97 Å². The van der Waals surface area contributed by atoms with E-state index in [1.165, 1.54) is 0 Å². The number of nitrogens with one attached hydrogen (secondary N) is 2. The average molecular weight is 297 g/mol. The highest BCUT2D eigenvalue weighted by atomic mass is 32.2. The molecule has 4 N–H and O–H groups in total. The standard InChI is InChI=1S/C11H11N3O5S/c1-6-12-5-10(13-6)20(18,19)14-8-4-7(11(16)17)2-3-9(8)15/h2-5,14-15H,1H3,(H,12,13)(H,16,17). The van der Waals surface area contributed by atoms with Gasteiger partial charge in [-0.25, -0.2) is 9.78 Å². The molecule has 9 heteroatoms. The highest BCUT2D eigenvalue weighted by molar-refractivity contribution is 7.92. The number of aromatic carboxylic acids is 1. The van der Waals surface area contributed by atoms with Gasteiger partial charge in [-0.1, -0.05) is 0 Å². The number of aryl methyl sites for hydroxylation is 1. The van der Waals surface area contributed by atoms with E-state index in [1.54, 1.807) is 6.92 Å². The third kappa shape index (κ3) is 2.72. The molecule has 0 amide bonds. The summed E-state index contributed by atoms with van der Waals surface area (Å²) in [7, 11) is -3.98. The minimum Gasteiger partial charge on any atom is -0.506 e. The van der Waals surface area contributed by atoms with Crippen LogP contribution in [0.25, 0.3) is 0 Å². The molecular formula is C11H11N3O5S. The maximum atomic E-state index is 12.0. The number of hydrogen-bond acceptors (Lipinski definition) is 5. The zero-order valence-electron chi connectivity index (χ0n) is 10.3. The summed E-state index contributed by atoms with van der Waals surface area (Å²) >= 11 is 0. The van der Waals surface area contributed by atoms with Crippen molar-refractivity contribution in [3.63, 3.8) is 0 Å². The van der Waals surface area contributed by atoms with Crippen LogP contribution in [0.1, 0.15) is 16.2 Å². The number of rotatable bonds is 4. The number of aromatic hydroxyl groups is 1. The number of hydrogen-bond donors (Lipinski definition) is 4. The summed E-state index contributed by atoms with van der Waals surface area (Å²) in [6, 6.07) is 3.29. The number of anilines is 1. The third-order valence-electron chi connectivity index (χ3n) is 2.46. The van der Waals surface area contributed by atoms with E-state index in [1.807, 2.05) is 0 Å². The Balaban J connectivity index is 2.39. The van der Waals surface area contributed by atoms with Gasteiger partial charge in [-0.2, -0.15) is 8.42 Å². The Hall–Kier alpha value is -2.55. The van der Waals surface area contributed by atoms with Gasteiger partial charge in [-0.05, 0) is 25.1 Å². The van der Waals surface area contributed by atoms with Crippen LogP contribution in [-0.2, 0) is 10.0 Å². The first-order chi connectivity index (χ1) is 9.29. The molecule has 2 aromatic rings. The van der Waals surface area contributed by atoms with Gasteiger partial charge < -0.3 is 15.2 Å². The second-order valence-electron chi connectivity index (χ2n) is 3.98. The molecule has 0 saturated carbocycles. The number of carboxylic acids is 1. The molecule has 1 heterocycles. The van der Waals surface area contributed by atoms with E-state index in [0.29, 0.717) is 5.82 Å². The van der Waals surface area contributed by atoms with Crippen molar-refractivity contribution < 1.29 is 23.4 Å². The zero-order chi connectivity index (χ0) is 14.9. The molecule has 0 bridgehead atoms. The molecule has 8 nitrogen and oxygen atoms in total. The smallest absolute Gasteiger partial charge is 0.335 e. The molecule has 1 aromatic heterocycles. The molecule has 0 saturated heterocycles. The van der Waals surface area contributed by atoms with Crippen molar-refractivity contribution in [2.24, 2.45) is 0 Å². The topological polar surface area (TPSA) is 132 Å². The van der Waals surface area contributed by atoms with Gasteiger partial charge in [0.25, 0.3) is 10.0 Å². The summed E-state index contributed by atoms with van der Waals surface area (Å²) < 4.78 is 26.1. The number of aromatic amines is 1. The van der Waals surface area contributed by atoms with Crippen LogP contribution in [0, 0.1) is 6.92 Å². The first-order valence-corrected chi connectivity index (χ1v) is 6.88. The molecule has 0 spiro atoms. The van der Waals surface area contributed by atoms with E-state index in [-0.39, 0.29) is 22.0 Å². The lowest BCUT2D eigenvalue weighted by molar-refractivity contribution is 0.0697. The average Bonchev–Trinajstić information content (AvgIpc) is 2.79. The lowest BCUT2D eigenvalue weighted by Crippen LogP contribution is -2.14. The van der Waals surface area contributed by atoms with Gasteiger partial charge in [0.05, 0.1) is 17.4 Å². The van der Waals surface area contributed by atoms with Crippen molar-refractivity contribution in [2.75, 3.05) is 4.72 Å². The molecule has 20 heavy (non-hydrogen) atoms. The number of benzene rings is 1. The monoisotopic (exact) mass is 297 g/mol. The molecule has 106 valence electrons. The number of phenolic OH excluding ortho intramolecular Hbond substituents is 1. The second kappa shape index (κ2) is 4.85. The highest BCUT2D eigenvalue weighted by Gasteiger charge is 2.19. The lowest BCUT2D eigenvalue weighted by atomic mass is 10.2. The van der Waals surface area contributed by atoms with E-state index >= 15 is 0 Å². The minimum atomic E-state index is -3.98. The number of nitrogens with zero attached hydrogens (tertiary/aromatic N) is 1. The molecule has 0 radical (unpaired) electrons. The molecular weight excluding hydrogens is 286 g/mol. The van der Waals surface area contributed by atoms with Crippen LogP contribution < -0.4 is 4.72 Å². The van der Waals surface area contributed by atoms with Gasteiger partial charge in [-0.15, -0.1) is 0 Å². The van der Waals surface area contributed by atoms with E-state index in [2.05, 4.69) is 14.7 Å². The lowest BCUT2D eigenvalue weighted by Gasteiger charge is -2.08. The molecule has 0 aliphatic rings. The SMILES string of the molecule is Cc1ncc(S(=O)(=O)Nc2cc(C(=O)O)ccc2O)[nH]1. The predicted octanol–water partition coefficient (Wildman–Crippen LogP) is 0.923. The number of phenols is 1. The number of carbonyl (C=O) groups is 1. The van der Waals surface area contributed by atoms with Gasteiger partial charge in [-0.3, -0.25) is 4.72 Å². The molecule has 0 atom stereocenters. The minimum absolute atomic E-state index is 0.152. The normalized spacial score (nSPS) is 11.2. The van der Waals surface area contributed by atoms with E-state index in [0.717, 1.165) is 24.4 Å². The fourth-order valence-electron chi connectivity index (χ4n) is 1.49. The Labute approximate surface area is 114 Å². The number of carboxylic acid groups (broad SMARTS) is 1. The summed E-state index contributed by atoms with van der Waals surface area (Å²) in [5.74, 6) is -1.20. The fourth-order valence-corrected chi connectivity index (χ4v) is 2.52. The zero-order valence-corrected chi connectivity index (χ0v) is 11.1. The number of imidazole rings is 1. The first-order valence-electron chi connectivity index (χ1n) is 5.40. The Bertz CT molecular complexity index is 766. The van der Waals surface area contributed by atoms with Crippen LogP contribution in [0.15, 0.2) is 29.4 Å². The summed E-state index contributed by atoms with van der Waals surface area (Å²) in [6.45, 7) is 1.58. The van der Waals surface area contributed by atoms with Gasteiger partial charge in [0.1, 0.15) is 11.6 Å². The predicted molar refractivity (Wildman–Crippen MR) is 69.2 cm³/mol. The number of aromatic nitrogens is 2. The number of H-pyrrole nitrogens is 1. The summed E-state index contributed by atoms with van der Waals surface area (Å²) in [5, 5.41) is 18.2. The fraction of sp³-hybridized carbons (Fsp3) is 0.0909. The third-order valence-corrected chi connectivity index (χ3v) is 3.73. The largest absolute Gasteiger partial charge is 0.506 e. The van der Waals surface area contributed by atoms with Crippen LogP contribution in [-0.4, -0.2) is 34.6 Å². The Kier molecular flexibility index (Phi) is 3.36. The van der Waals surface area contributed by atoms with Crippen molar-refractivity contribution in [2.45, 2.75) is 11.9 Å². The van der Waals surface area contributed by atoms with Crippen LogP contribution in [0.2, 0.25) is 0 Å². The van der Waals surface area contributed by atoms with Gasteiger partial charge in [0, 0.05) is 0 Å². The molecule has 0 aliphatic carbocycles. The summed E-state index contributed by atoms with van der Waals surface area (Å²) in [5.41, 5.74) is -0.376. The Morgan fingerprint density at radius 2 is 2.10 bits per heavy atom. The quantitative estimate of drug-likeness (QED) is 0.620. The van der Waals surface area contributed by atoms with Crippen LogP contribution in [0.5, 0.6) is 5.75 Å². The van der Waals surface area contributed by atoms with Crippen molar-refractivity contribution in [3.8, 4) is 5.75 Å². The van der Waals surface area contributed by atoms with Crippen LogP contribution in [0.3, 0.4) is 0 Å². The molecule has 0 unspecified atom stereocenters. The first kappa shape index (κ1) is 13.9. The Morgan fingerprint density at radius 3 is 2.65 bits per heavy atom. The van der Waals surface area contributed by atoms with Crippen LogP contribution in [0.4, 0.5) is 5.69 Å². The Morgan fingerprint density at radius 1 is 1.40 bits per heavy atom. The molecule has 0 aliphatic heterocycles. The maximum Gasteiger partial charge on any atom is 0.335 e. The highest BCUT2D eigenvalue weighted by Crippen LogP contribution is 2.26. The van der Waals surface area contributed by atoms with Crippen LogP contribution >= 0.6 is 0 Å².